The zero-order chi connectivity index (χ0) is 14.8. The van der Waals surface area contributed by atoms with Crippen molar-refractivity contribution in [3.05, 3.63) is 30.3 Å². The lowest BCUT2D eigenvalue weighted by atomic mass is 9.99. The third kappa shape index (κ3) is 2.94. The lowest BCUT2D eigenvalue weighted by Gasteiger charge is -2.34. The average Bonchev–Trinajstić information content (AvgIpc) is 2.47. The number of carboxylic acids is 1. The number of benzene rings is 1. The minimum Gasteiger partial charge on any atom is -0.550 e. The van der Waals surface area contributed by atoms with Crippen LogP contribution in [0.15, 0.2) is 30.3 Å². The molecule has 1 aromatic carbocycles. The van der Waals surface area contributed by atoms with E-state index in [0.717, 1.165) is 0 Å². The Morgan fingerprint density at radius 1 is 1.25 bits per heavy atom. The minimum absolute atomic E-state index is 0.207. The Labute approximate surface area is 118 Å². The molecule has 6 nitrogen and oxygen atoms in total. The topological polar surface area (TPSA) is 80.8 Å². The fourth-order valence-electron chi connectivity index (χ4n) is 2.27. The van der Waals surface area contributed by atoms with E-state index in [1.807, 2.05) is 6.07 Å². The van der Waals surface area contributed by atoms with E-state index in [-0.39, 0.29) is 13.1 Å². The number of para-hydroxylation sites is 1. The molecule has 110 valence electrons. The predicted molar refractivity (Wildman–Crippen MR) is 73.1 cm³/mol. The Kier molecular flexibility index (Phi) is 4.29. The second-order valence-electron chi connectivity index (χ2n) is 4.80. The van der Waals surface area contributed by atoms with Crippen molar-refractivity contribution in [2.24, 2.45) is 5.92 Å². The SMILES string of the molecule is CN(c1ccccc1)S(=O)(=O)N1CCC(C(=O)[O-])CC1. The molecule has 0 unspecified atom stereocenters. The molecule has 0 amide bonds. The van der Waals surface area contributed by atoms with Gasteiger partial charge in [-0.05, 0) is 25.0 Å². The molecule has 0 atom stereocenters. The summed E-state index contributed by atoms with van der Waals surface area (Å²) in [6.07, 6.45) is 0.592. The van der Waals surface area contributed by atoms with Gasteiger partial charge in [-0.25, -0.2) is 0 Å². The van der Waals surface area contributed by atoms with Crippen molar-refractivity contribution in [2.45, 2.75) is 12.8 Å². The van der Waals surface area contributed by atoms with Crippen molar-refractivity contribution in [1.82, 2.24) is 4.31 Å². The van der Waals surface area contributed by atoms with Gasteiger partial charge in [-0.2, -0.15) is 12.7 Å². The summed E-state index contributed by atoms with van der Waals surface area (Å²) < 4.78 is 27.4. The van der Waals surface area contributed by atoms with Crippen LogP contribution in [0.4, 0.5) is 5.69 Å². The van der Waals surface area contributed by atoms with Crippen molar-refractivity contribution < 1.29 is 18.3 Å². The van der Waals surface area contributed by atoms with E-state index in [1.54, 1.807) is 24.3 Å². The van der Waals surface area contributed by atoms with Gasteiger partial charge in [0.05, 0.1) is 5.69 Å². The van der Waals surface area contributed by atoms with E-state index >= 15 is 0 Å². The van der Waals surface area contributed by atoms with Gasteiger partial charge in [0.1, 0.15) is 0 Å². The van der Waals surface area contributed by atoms with Gasteiger partial charge in [-0.3, -0.25) is 4.31 Å². The van der Waals surface area contributed by atoms with E-state index in [1.165, 1.54) is 15.7 Å². The van der Waals surface area contributed by atoms with Gasteiger partial charge in [0.15, 0.2) is 0 Å². The van der Waals surface area contributed by atoms with E-state index in [9.17, 15) is 18.3 Å². The first-order valence-corrected chi connectivity index (χ1v) is 7.82. The minimum atomic E-state index is -3.61. The molecule has 0 bridgehead atoms. The summed E-state index contributed by atoms with van der Waals surface area (Å²) in [6.45, 7) is 0.413. The molecule has 0 N–H and O–H groups in total. The fourth-order valence-corrected chi connectivity index (χ4v) is 3.67. The van der Waals surface area contributed by atoms with E-state index < -0.39 is 22.1 Å². The van der Waals surface area contributed by atoms with Crippen LogP contribution in [0.3, 0.4) is 0 Å². The van der Waals surface area contributed by atoms with Crippen LogP contribution in [0.5, 0.6) is 0 Å². The lowest BCUT2D eigenvalue weighted by molar-refractivity contribution is -0.312. The normalized spacial score (nSPS) is 17.9. The number of anilines is 1. The third-order valence-electron chi connectivity index (χ3n) is 3.58. The van der Waals surface area contributed by atoms with Gasteiger partial charge < -0.3 is 9.90 Å². The van der Waals surface area contributed by atoms with Crippen LogP contribution in [0, 0.1) is 5.92 Å². The highest BCUT2D eigenvalue weighted by Crippen LogP contribution is 2.23. The molecular weight excluding hydrogens is 280 g/mol. The molecule has 1 aliphatic rings. The Morgan fingerprint density at radius 2 is 1.80 bits per heavy atom. The van der Waals surface area contributed by atoms with E-state index in [4.69, 9.17) is 0 Å². The average molecular weight is 297 g/mol. The first-order chi connectivity index (χ1) is 9.43. The van der Waals surface area contributed by atoms with Crippen molar-refractivity contribution in [3.63, 3.8) is 0 Å². The summed E-state index contributed by atoms with van der Waals surface area (Å²) in [5.74, 6) is -1.65. The molecule has 0 aliphatic carbocycles. The van der Waals surface area contributed by atoms with Crippen LogP contribution in [0.25, 0.3) is 0 Å². The highest BCUT2D eigenvalue weighted by atomic mass is 32.2. The summed E-state index contributed by atoms with van der Waals surface area (Å²) in [7, 11) is -2.12. The van der Waals surface area contributed by atoms with Crippen LogP contribution in [-0.4, -0.2) is 38.8 Å². The molecule has 2 rings (SSSR count). The smallest absolute Gasteiger partial charge is 0.303 e. The van der Waals surface area contributed by atoms with E-state index in [0.29, 0.717) is 18.5 Å². The second-order valence-corrected chi connectivity index (χ2v) is 6.76. The molecule has 1 saturated heterocycles. The maximum Gasteiger partial charge on any atom is 0.303 e. The molecule has 7 heteroatoms. The molecular formula is C13H17N2O4S-. The first kappa shape index (κ1) is 14.8. The molecule has 0 aromatic heterocycles. The van der Waals surface area contributed by atoms with Crippen LogP contribution in [0.1, 0.15) is 12.8 Å². The zero-order valence-electron chi connectivity index (χ0n) is 11.2. The highest BCUT2D eigenvalue weighted by Gasteiger charge is 2.31. The number of hydrogen-bond donors (Lipinski definition) is 0. The lowest BCUT2D eigenvalue weighted by Crippen LogP contribution is -2.48. The van der Waals surface area contributed by atoms with Crippen molar-refractivity contribution >= 4 is 21.9 Å². The summed E-state index contributed by atoms with van der Waals surface area (Å²) >= 11 is 0. The first-order valence-electron chi connectivity index (χ1n) is 6.43. The quantitative estimate of drug-likeness (QED) is 0.772. The van der Waals surface area contributed by atoms with Gasteiger partial charge in [0.2, 0.25) is 0 Å². The predicted octanol–water partition coefficient (Wildman–Crippen LogP) is -0.170. The van der Waals surface area contributed by atoms with Crippen molar-refractivity contribution in [1.29, 1.82) is 0 Å². The number of carboxylic acid groups (broad SMARTS) is 1. The number of aliphatic carboxylic acids is 1. The summed E-state index contributed by atoms with van der Waals surface area (Å²) in [5, 5.41) is 10.8. The Bertz CT molecular complexity index is 565. The second kappa shape index (κ2) is 5.80. The van der Waals surface area contributed by atoms with Crippen LogP contribution >= 0.6 is 0 Å². The Morgan fingerprint density at radius 3 is 2.30 bits per heavy atom. The number of rotatable bonds is 4. The Balaban J connectivity index is 2.10. The number of carbonyl (C=O) groups is 1. The molecule has 1 aromatic rings. The number of carbonyl (C=O) groups excluding carboxylic acids is 1. The molecule has 0 radical (unpaired) electrons. The molecule has 0 spiro atoms. The monoisotopic (exact) mass is 297 g/mol. The van der Waals surface area contributed by atoms with Gasteiger partial charge in [0.25, 0.3) is 0 Å². The van der Waals surface area contributed by atoms with Gasteiger partial charge in [-0.1, -0.05) is 18.2 Å². The summed E-state index contributed by atoms with van der Waals surface area (Å²) in [6, 6.07) is 8.78. The highest BCUT2D eigenvalue weighted by molar-refractivity contribution is 7.90. The molecule has 1 heterocycles. The number of nitrogens with zero attached hydrogens (tertiary/aromatic N) is 2. The van der Waals surface area contributed by atoms with Gasteiger partial charge in [0, 0.05) is 32.0 Å². The number of hydrogen-bond acceptors (Lipinski definition) is 4. The zero-order valence-corrected chi connectivity index (χ0v) is 12.0. The van der Waals surface area contributed by atoms with Crippen LogP contribution in [-0.2, 0) is 15.0 Å². The van der Waals surface area contributed by atoms with Gasteiger partial charge in [-0.15, -0.1) is 0 Å². The molecule has 1 fully saturated rings. The van der Waals surface area contributed by atoms with Crippen molar-refractivity contribution in [3.8, 4) is 0 Å². The van der Waals surface area contributed by atoms with Gasteiger partial charge >= 0.3 is 10.2 Å². The maximum atomic E-state index is 12.5. The fraction of sp³-hybridized carbons (Fsp3) is 0.462. The standard InChI is InChI=1S/C13H18N2O4S/c1-14(12-5-3-2-4-6-12)20(18,19)15-9-7-11(8-10-15)13(16)17/h2-6,11H,7-10H2,1H3,(H,16,17)/p-1. The summed E-state index contributed by atoms with van der Waals surface area (Å²) in [4.78, 5) is 10.8. The maximum absolute atomic E-state index is 12.5. The molecule has 1 aliphatic heterocycles. The number of piperidine rings is 1. The van der Waals surface area contributed by atoms with Crippen LogP contribution < -0.4 is 9.41 Å². The molecule has 20 heavy (non-hydrogen) atoms. The van der Waals surface area contributed by atoms with Crippen LogP contribution in [0.2, 0.25) is 0 Å². The third-order valence-corrected chi connectivity index (χ3v) is 5.50. The Hall–Kier alpha value is -1.60. The largest absolute Gasteiger partial charge is 0.550 e. The summed E-state index contributed by atoms with van der Waals surface area (Å²) in [5.41, 5.74) is 0.578. The van der Waals surface area contributed by atoms with E-state index in [2.05, 4.69) is 0 Å². The van der Waals surface area contributed by atoms with Crippen molar-refractivity contribution in [2.75, 3.05) is 24.4 Å². The molecule has 0 saturated carbocycles.